The van der Waals surface area contributed by atoms with E-state index >= 15 is 0 Å². The smallest absolute Gasteiger partial charge is 0.161 e. The second-order valence-corrected chi connectivity index (χ2v) is 16.3. The van der Waals surface area contributed by atoms with Gasteiger partial charge in [0.05, 0.1) is 26.4 Å². The van der Waals surface area contributed by atoms with Gasteiger partial charge in [-0.25, -0.2) is 0 Å². The minimum atomic E-state index is -0.0691. The van der Waals surface area contributed by atoms with Gasteiger partial charge in [-0.1, -0.05) is 69.5 Å². The summed E-state index contributed by atoms with van der Waals surface area (Å²) < 4.78 is 23.7. The number of benzene rings is 1. The van der Waals surface area contributed by atoms with Crippen molar-refractivity contribution in [3.05, 3.63) is 24.3 Å². The predicted octanol–water partition coefficient (Wildman–Crippen LogP) is 5.29. The Balaban J connectivity index is 0.00000480. The molecule has 0 saturated carbocycles. The van der Waals surface area contributed by atoms with Gasteiger partial charge in [-0.3, -0.25) is 0 Å². The maximum absolute atomic E-state index is 5.95. The van der Waals surface area contributed by atoms with E-state index in [-0.39, 0.29) is 32.7 Å². The molecular formula is C24H42B2O4P2. The van der Waals surface area contributed by atoms with Crippen LogP contribution in [0.2, 0.25) is 0 Å². The van der Waals surface area contributed by atoms with E-state index in [9.17, 15) is 0 Å². The highest BCUT2D eigenvalue weighted by Crippen LogP contribution is 2.55. The minimum Gasteiger partial charge on any atom is -0.487 e. The molecule has 0 bridgehead atoms. The molecule has 0 aromatic heterocycles. The Labute approximate surface area is 203 Å². The van der Waals surface area contributed by atoms with Gasteiger partial charge in [0.2, 0.25) is 0 Å². The zero-order valence-electron chi connectivity index (χ0n) is 21.1. The summed E-state index contributed by atoms with van der Waals surface area (Å²) in [5, 5.41) is 0.726. The molecule has 1 aliphatic rings. The first-order valence-electron chi connectivity index (χ1n) is 11.2. The first kappa shape index (κ1) is 31.7. The van der Waals surface area contributed by atoms with Crippen LogP contribution in [0.5, 0.6) is 11.5 Å². The van der Waals surface area contributed by atoms with Gasteiger partial charge in [0, 0.05) is 16.8 Å². The molecule has 32 heavy (non-hydrogen) atoms. The van der Waals surface area contributed by atoms with Gasteiger partial charge in [0.1, 0.15) is 13.2 Å². The largest absolute Gasteiger partial charge is 0.487 e. The van der Waals surface area contributed by atoms with E-state index in [2.05, 4.69) is 41.5 Å². The molecule has 0 saturated heterocycles. The number of rotatable bonds is 0. The third-order valence-electron chi connectivity index (χ3n) is 5.37. The summed E-state index contributed by atoms with van der Waals surface area (Å²) in [6.07, 6.45) is 5.00. The monoisotopic (exact) mass is 478 g/mol. The molecule has 1 aromatic rings. The van der Waals surface area contributed by atoms with Crippen LogP contribution in [0.3, 0.4) is 0 Å². The zero-order chi connectivity index (χ0) is 22.0. The SMILES string of the molecule is CC(C)(C)[P@]1CCOCCOc2ccccc2OCCOCC[P@](C(C)(C)C)CC1.[B].[B]. The van der Waals surface area contributed by atoms with E-state index in [1.807, 2.05) is 24.3 Å². The van der Waals surface area contributed by atoms with E-state index in [4.69, 9.17) is 18.9 Å². The topological polar surface area (TPSA) is 36.9 Å². The van der Waals surface area contributed by atoms with Gasteiger partial charge in [0.15, 0.2) is 11.5 Å². The molecule has 1 heterocycles. The van der Waals surface area contributed by atoms with Crippen LogP contribution in [0.1, 0.15) is 41.5 Å². The fourth-order valence-corrected chi connectivity index (χ4v) is 9.23. The van der Waals surface area contributed by atoms with Crippen molar-refractivity contribution in [2.45, 2.75) is 51.9 Å². The van der Waals surface area contributed by atoms with Crippen LogP contribution in [0, 0.1) is 0 Å². The average Bonchev–Trinajstić information content (AvgIpc) is 2.65. The van der Waals surface area contributed by atoms with Crippen molar-refractivity contribution in [2.75, 3.05) is 64.3 Å². The van der Waals surface area contributed by atoms with Crippen LogP contribution < -0.4 is 9.47 Å². The van der Waals surface area contributed by atoms with Crippen LogP contribution in [0.25, 0.3) is 0 Å². The fraction of sp³-hybridized carbons (Fsp3) is 0.750. The van der Waals surface area contributed by atoms with E-state index in [1.54, 1.807) is 0 Å². The van der Waals surface area contributed by atoms with Crippen molar-refractivity contribution in [3.8, 4) is 11.5 Å². The third-order valence-corrected chi connectivity index (χ3v) is 12.5. The van der Waals surface area contributed by atoms with Crippen LogP contribution in [-0.4, -0.2) is 91.4 Å². The quantitative estimate of drug-likeness (QED) is 0.375. The Bertz CT molecular complexity index is 568. The molecule has 4 nitrogen and oxygen atoms in total. The van der Waals surface area contributed by atoms with Gasteiger partial charge in [-0.15, -0.1) is 0 Å². The molecule has 2 atom stereocenters. The van der Waals surface area contributed by atoms with Crippen molar-refractivity contribution >= 4 is 32.7 Å². The maximum atomic E-state index is 5.95. The zero-order valence-corrected chi connectivity index (χ0v) is 22.9. The van der Waals surface area contributed by atoms with Gasteiger partial charge in [-0.2, -0.15) is 0 Å². The molecule has 0 fully saturated rings. The number of ether oxygens (including phenoxy) is 4. The summed E-state index contributed by atoms with van der Waals surface area (Å²) in [5.74, 6) is 1.55. The van der Waals surface area contributed by atoms with Crippen molar-refractivity contribution in [3.63, 3.8) is 0 Å². The predicted molar refractivity (Wildman–Crippen MR) is 143 cm³/mol. The van der Waals surface area contributed by atoms with Crippen molar-refractivity contribution in [1.82, 2.24) is 0 Å². The second-order valence-electron chi connectivity index (χ2n) is 9.68. The summed E-state index contributed by atoms with van der Waals surface area (Å²) in [6.45, 7) is 18.3. The molecule has 1 aliphatic heterocycles. The molecule has 0 amide bonds. The van der Waals surface area contributed by atoms with E-state index < -0.39 is 0 Å². The molecule has 0 aliphatic carbocycles. The lowest BCUT2D eigenvalue weighted by Gasteiger charge is -2.36. The third kappa shape index (κ3) is 11.7. The lowest BCUT2D eigenvalue weighted by Crippen LogP contribution is -2.23. The van der Waals surface area contributed by atoms with Crippen LogP contribution in [-0.2, 0) is 9.47 Å². The molecule has 178 valence electrons. The van der Waals surface area contributed by atoms with Crippen molar-refractivity contribution in [2.24, 2.45) is 0 Å². The van der Waals surface area contributed by atoms with Crippen LogP contribution >= 0.6 is 15.8 Å². The molecule has 8 heteroatoms. The highest BCUT2D eigenvalue weighted by atomic mass is 31.1. The summed E-state index contributed by atoms with van der Waals surface area (Å²) in [7, 11) is -0.138. The number of para-hydroxylation sites is 2. The van der Waals surface area contributed by atoms with Crippen LogP contribution in [0.15, 0.2) is 24.3 Å². The molecule has 0 N–H and O–H groups in total. The van der Waals surface area contributed by atoms with Gasteiger partial charge < -0.3 is 18.9 Å². The summed E-state index contributed by atoms with van der Waals surface area (Å²) >= 11 is 0. The van der Waals surface area contributed by atoms with Gasteiger partial charge >= 0.3 is 0 Å². The Morgan fingerprint density at radius 1 is 0.562 bits per heavy atom. The minimum absolute atomic E-state index is 0. The van der Waals surface area contributed by atoms with E-state index in [0.29, 0.717) is 36.7 Å². The van der Waals surface area contributed by atoms with Crippen LogP contribution in [0.4, 0.5) is 0 Å². The fourth-order valence-electron chi connectivity index (χ4n) is 3.47. The average molecular weight is 478 g/mol. The lowest BCUT2D eigenvalue weighted by atomic mass is 10.3. The lowest BCUT2D eigenvalue weighted by molar-refractivity contribution is 0.101. The molecule has 0 unspecified atom stereocenters. The maximum Gasteiger partial charge on any atom is 0.161 e. The molecule has 0 spiro atoms. The number of hydrogen-bond donors (Lipinski definition) is 0. The molecular weight excluding hydrogens is 436 g/mol. The Morgan fingerprint density at radius 2 is 0.938 bits per heavy atom. The number of hydrogen-bond acceptors (Lipinski definition) is 4. The number of fused-ring (bicyclic) bond motifs is 1. The second kappa shape index (κ2) is 15.6. The Hall–Kier alpha value is -0.270. The van der Waals surface area contributed by atoms with Gasteiger partial charge in [0.25, 0.3) is 0 Å². The summed E-state index contributed by atoms with van der Waals surface area (Å²) in [6, 6.07) is 7.83. The standard InChI is InChI=1S/C24H42O4P2.2B/c1-23(2,3)29-17-15-25-11-13-27-21-9-7-8-10-22(21)28-14-12-26-16-18-30(20-19-29)24(4,5)6;;/h7-10H,11-20H2,1-6H3;;/t29-,30+;;. The summed E-state index contributed by atoms with van der Waals surface area (Å²) in [4.78, 5) is 0. The highest BCUT2D eigenvalue weighted by molar-refractivity contribution is 7.63. The molecule has 6 radical (unpaired) electrons. The van der Waals surface area contributed by atoms with E-state index in [1.165, 1.54) is 24.6 Å². The van der Waals surface area contributed by atoms with Crippen molar-refractivity contribution in [1.29, 1.82) is 0 Å². The first-order valence-corrected chi connectivity index (χ1v) is 14.6. The van der Waals surface area contributed by atoms with E-state index in [0.717, 1.165) is 24.7 Å². The highest BCUT2D eigenvalue weighted by Gasteiger charge is 2.28. The Kier molecular flexibility index (Phi) is 15.5. The Morgan fingerprint density at radius 3 is 1.28 bits per heavy atom. The molecule has 1 aromatic carbocycles. The normalized spacial score (nSPS) is 22.4. The first-order chi connectivity index (χ1) is 14.2. The summed E-state index contributed by atoms with van der Waals surface area (Å²) in [5.41, 5.74) is 0. The molecule has 2 rings (SSSR count). The van der Waals surface area contributed by atoms with Gasteiger partial charge in [-0.05, 0) is 47.1 Å². The van der Waals surface area contributed by atoms with Crippen molar-refractivity contribution < 1.29 is 18.9 Å².